The highest BCUT2D eigenvalue weighted by Crippen LogP contribution is 2.38. The van der Waals surface area contributed by atoms with Crippen LogP contribution in [0, 0.1) is 5.41 Å². The smallest absolute Gasteiger partial charge is 0.191 e. The molecule has 26 heavy (non-hydrogen) atoms. The Morgan fingerprint density at radius 2 is 1.96 bits per heavy atom. The van der Waals surface area contributed by atoms with Crippen molar-refractivity contribution in [3.8, 4) is 0 Å². The number of anilines is 1. The number of nitrogens with one attached hydrogen (secondary N) is 2. The Balaban J connectivity index is 2.00. The van der Waals surface area contributed by atoms with Crippen molar-refractivity contribution in [3.63, 3.8) is 0 Å². The zero-order valence-corrected chi connectivity index (χ0v) is 16.7. The fraction of sp³-hybridized carbons (Fsp3) is 0.667. The lowest BCUT2D eigenvalue weighted by Gasteiger charge is -2.37. The monoisotopic (exact) mass is 360 g/mol. The third-order valence-corrected chi connectivity index (χ3v) is 5.38. The summed E-state index contributed by atoms with van der Waals surface area (Å²) in [6, 6.07) is 8.49. The van der Waals surface area contributed by atoms with Gasteiger partial charge in [-0.1, -0.05) is 31.4 Å². The molecule has 0 saturated heterocycles. The minimum Gasteiger partial charge on any atom is -0.396 e. The molecule has 0 atom stereocenters. The van der Waals surface area contributed by atoms with Crippen LogP contribution in [0.25, 0.3) is 0 Å². The summed E-state index contributed by atoms with van der Waals surface area (Å²) >= 11 is 0. The lowest BCUT2D eigenvalue weighted by atomic mass is 9.72. The average molecular weight is 361 g/mol. The summed E-state index contributed by atoms with van der Waals surface area (Å²) in [6.07, 6.45) is 7.14. The molecule has 0 heterocycles. The maximum atomic E-state index is 9.50. The van der Waals surface area contributed by atoms with Crippen molar-refractivity contribution in [1.29, 1.82) is 0 Å². The predicted molar refractivity (Wildman–Crippen MR) is 111 cm³/mol. The zero-order chi connectivity index (χ0) is 18.8. The first-order valence-electron chi connectivity index (χ1n) is 9.98. The van der Waals surface area contributed by atoms with E-state index in [4.69, 9.17) is 4.99 Å². The maximum Gasteiger partial charge on any atom is 0.191 e. The summed E-state index contributed by atoms with van der Waals surface area (Å²) in [5.74, 6) is 0.866. The van der Waals surface area contributed by atoms with Crippen molar-refractivity contribution >= 4 is 11.6 Å². The van der Waals surface area contributed by atoms with Crippen LogP contribution in [-0.4, -0.2) is 44.9 Å². The van der Waals surface area contributed by atoms with E-state index in [-0.39, 0.29) is 12.0 Å². The number of nitrogens with zero attached hydrogens (tertiary/aromatic N) is 2. The number of benzene rings is 1. The molecule has 146 valence electrons. The summed E-state index contributed by atoms with van der Waals surface area (Å²) < 4.78 is 0. The summed E-state index contributed by atoms with van der Waals surface area (Å²) in [5, 5.41) is 16.4. The molecule has 3 N–H and O–H groups in total. The molecule has 1 saturated carbocycles. The number of hydrogen-bond acceptors (Lipinski definition) is 3. The topological polar surface area (TPSA) is 59.9 Å². The molecule has 0 bridgehead atoms. The molecule has 1 aromatic carbocycles. The molecule has 2 rings (SSSR count). The fourth-order valence-corrected chi connectivity index (χ4v) is 3.77. The van der Waals surface area contributed by atoms with Crippen molar-refractivity contribution in [2.45, 2.75) is 52.0 Å². The Morgan fingerprint density at radius 1 is 1.19 bits per heavy atom. The molecule has 0 unspecified atom stereocenters. The van der Waals surface area contributed by atoms with Gasteiger partial charge < -0.3 is 20.6 Å². The Labute approximate surface area is 158 Å². The van der Waals surface area contributed by atoms with Gasteiger partial charge in [0.15, 0.2) is 5.96 Å². The van der Waals surface area contributed by atoms with Crippen LogP contribution in [-0.2, 0) is 6.54 Å². The van der Waals surface area contributed by atoms with Gasteiger partial charge in [0, 0.05) is 39.5 Å². The second kappa shape index (κ2) is 10.4. The van der Waals surface area contributed by atoms with E-state index < -0.39 is 0 Å². The normalized spacial score (nSPS) is 17.0. The summed E-state index contributed by atoms with van der Waals surface area (Å²) in [5.41, 5.74) is 2.62. The largest absolute Gasteiger partial charge is 0.396 e. The minimum atomic E-state index is 0.216. The summed E-state index contributed by atoms with van der Waals surface area (Å²) in [6.45, 7) is 4.75. The Kier molecular flexibility index (Phi) is 8.23. The lowest BCUT2D eigenvalue weighted by molar-refractivity contribution is 0.131. The van der Waals surface area contributed by atoms with E-state index in [0.29, 0.717) is 6.54 Å². The SMILES string of the molecule is CCNC(=NCc1cccc(N(C)C)c1)NCC1(CCO)CCCCC1. The van der Waals surface area contributed by atoms with Crippen LogP contribution >= 0.6 is 0 Å². The minimum absolute atomic E-state index is 0.216. The number of guanidine groups is 1. The van der Waals surface area contributed by atoms with Gasteiger partial charge in [-0.25, -0.2) is 4.99 Å². The van der Waals surface area contributed by atoms with Crippen molar-refractivity contribution in [1.82, 2.24) is 10.6 Å². The average Bonchev–Trinajstić information content (AvgIpc) is 2.65. The maximum absolute atomic E-state index is 9.50. The number of aliphatic imine (C=N–C) groups is 1. The lowest BCUT2D eigenvalue weighted by Crippen LogP contribution is -2.44. The van der Waals surface area contributed by atoms with Gasteiger partial charge >= 0.3 is 0 Å². The standard InChI is InChI=1S/C21H36N4O/c1-4-22-20(23-16-18-9-8-10-19(15-18)25(2)3)24-17-21(13-14-26)11-6-5-7-12-21/h8-10,15,26H,4-7,11-14,16-17H2,1-3H3,(H2,22,23,24). The van der Waals surface area contributed by atoms with E-state index >= 15 is 0 Å². The molecule has 5 heteroatoms. The summed E-state index contributed by atoms with van der Waals surface area (Å²) in [7, 11) is 4.11. The Morgan fingerprint density at radius 3 is 2.62 bits per heavy atom. The van der Waals surface area contributed by atoms with Crippen molar-refractivity contribution < 1.29 is 5.11 Å². The van der Waals surface area contributed by atoms with E-state index in [9.17, 15) is 5.11 Å². The van der Waals surface area contributed by atoms with Gasteiger partial charge in [-0.05, 0) is 49.3 Å². The summed E-state index contributed by atoms with van der Waals surface area (Å²) in [4.78, 5) is 6.88. The van der Waals surface area contributed by atoms with E-state index in [2.05, 4.69) is 60.8 Å². The Bertz CT molecular complexity index is 559. The second-order valence-corrected chi connectivity index (χ2v) is 7.65. The van der Waals surface area contributed by atoms with Crippen molar-refractivity contribution in [2.75, 3.05) is 38.7 Å². The van der Waals surface area contributed by atoms with Crippen LogP contribution in [0.5, 0.6) is 0 Å². The number of aliphatic hydroxyl groups is 1. The molecular weight excluding hydrogens is 324 g/mol. The van der Waals surface area contributed by atoms with Crippen molar-refractivity contribution in [2.24, 2.45) is 10.4 Å². The van der Waals surface area contributed by atoms with Gasteiger partial charge in [0.1, 0.15) is 0 Å². The van der Waals surface area contributed by atoms with Crippen LogP contribution in [0.3, 0.4) is 0 Å². The van der Waals surface area contributed by atoms with E-state index in [1.54, 1.807) is 0 Å². The van der Waals surface area contributed by atoms with Gasteiger partial charge in [0.2, 0.25) is 0 Å². The quantitative estimate of drug-likeness (QED) is 0.492. The molecule has 5 nitrogen and oxygen atoms in total. The van der Waals surface area contributed by atoms with Gasteiger partial charge in [-0.3, -0.25) is 0 Å². The highest BCUT2D eigenvalue weighted by Gasteiger charge is 2.31. The highest BCUT2D eigenvalue weighted by molar-refractivity contribution is 5.79. The number of hydrogen-bond donors (Lipinski definition) is 3. The first kappa shape index (κ1) is 20.6. The fourth-order valence-electron chi connectivity index (χ4n) is 3.77. The van der Waals surface area contributed by atoms with Crippen LogP contribution in [0.15, 0.2) is 29.3 Å². The third kappa shape index (κ3) is 6.20. The number of rotatable bonds is 8. The molecule has 0 radical (unpaired) electrons. The molecule has 0 spiro atoms. The van der Waals surface area contributed by atoms with Crippen LogP contribution in [0.2, 0.25) is 0 Å². The molecule has 1 aliphatic rings. The molecule has 0 aromatic heterocycles. The second-order valence-electron chi connectivity index (χ2n) is 7.65. The van der Waals surface area contributed by atoms with Crippen LogP contribution in [0.4, 0.5) is 5.69 Å². The van der Waals surface area contributed by atoms with E-state index in [1.165, 1.54) is 43.4 Å². The van der Waals surface area contributed by atoms with Crippen molar-refractivity contribution in [3.05, 3.63) is 29.8 Å². The first-order valence-corrected chi connectivity index (χ1v) is 9.98. The number of aliphatic hydroxyl groups excluding tert-OH is 1. The van der Waals surface area contributed by atoms with Gasteiger partial charge in [0.05, 0.1) is 6.54 Å². The molecule has 0 amide bonds. The van der Waals surface area contributed by atoms with Crippen LogP contribution < -0.4 is 15.5 Å². The van der Waals surface area contributed by atoms with Crippen LogP contribution in [0.1, 0.15) is 51.0 Å². The van der Waals surface area contributed by atoms with Gasteiger partial charge in [0.25, 0.3) is 0 Å². The van der Waals surface area contributed by atoms with Gasteiger partial charge in [-0.2, -0.15) is 0 Å². The third-order valence-electron chi connectivity index (χ3n) is 5.38. The molecule has 1 aliphatic carbocycles. The van der Waals surface area contributed by atoms with Gasteiger partial charge in [-0.15, -0.1) is 0 Å². The predicted octanol–water partition coefficient (Wildman–Crippen LogP) is 3.14. The van der Waals surface area contributed by atoms with E-state index in [0.717, 1.165) is 25.5 Å². The molecule has 1 aromatic rings. The molecular formula is C21H36N4O. The molecule has 1 fully saturated rings. The molecule has 0 aliphatic heterocycles. The first-order chi connectivity index (χ1) is 12.6. The Hall–Kier alpha value is -1.75. The van der Waals surface area contributed by atoms with E-state index in [1.807, 2.05) is 0 Å². The zero-order valence-electron chi connectivity index (χ0n) is 16.7. The highest BCUT2D eigenvalue weighted by atomic mass is 16.3.